The van der Waals surface area contributed by atoms with E-state index >= 15 is 0 Å². The van der Waals surface area contributed by atoms with E-state index in [2.05, 4.69) is 49.5 Å². The molecule has 1 aliphatic heterocycles. The fourth-order valence-electron chi connectivity index (χ4n) is 2.50. The highest BCUT2D eigenvalue weighted by Gasteiger charge is 2.15. The molecule has 1 aromatic heterocycles. The first-order chi connectivity index (χ1) is 11.2. The minimum atomic E-state index is 0.139. The number of nitrogens with one attached hydrogen (secondary N) is 2. The second-order valence-corrected chi connectivity index (χ2v) is 5.47. The van der Waals surface area contributed by atoms with Crippen LogP contribution in [0.25, 0.3) is 0 Å². The molecule has 0 unspecified atom stereocenters. The third kappa shape index (κ3) is 3.93. The summed E-state index contributed by atoms with van der Waals surface area (Å²) >= 11 is 0. The summed E-state index contributed by atoms with van der Waals surface area (Å²) in [5.41, 5.74) is 2.35. The van der Waals surface area contributed by atoms with Crippen LogP contribution in [0.3, 0.4) is 0 Å². The lowest BCUT2D eigenvalue weighted by atomic mass is 10.1. The molecule has 2 heterocycles. The zero-order valence-corrected chi connectivity index (χ0v) is 13.1. The largest absolute Gasteiger partial charge is 0.350 e. The standard InChI is InChI=1S/C16H19N7/c1-12-3-2-4-13(9-12)11-19-15-20-14(10-17)21-16(22-15)23-7-5-18-6-8-23/h2-4,9,18H,5-8,11H2,1H3,(H,19,20,21,22). The lowest BCUT2D eigenvalue weighted by molar-refractivity contribution is 0.578. The van der Waals surface area contributed by atoms with E-state index < -0.39 is 0 Å². The van der Waals surface area contributed by atoms with Crippen molar-refractivity contribution in [3.8, 4) is 6.07 Å². The Morgan fingerprint density at radius 2 is 2.09 bits per heavy atom. The van der Waals surface area contributed by atoms with E-state index in [1.54, 1.807) is 0 Å². The quantitative estimate of drug-likeness (QED) is 0.873. The van der Waals surface area contributed by atoms with Gasteiger partial charge in [0.05, 0.1) is 0 Å². The molecule has 3 rings (SSSR count). The van der Waals surface area contributed by atoms with Crippen molar-refractivity contribution in [1.82, 2.24) is 20.3 Å². The number of nitrogens with zero attached hydrogens (tertiary/aromatic N) is 5. The van der Waals surface area contributed by atoms with E-state index in [1.165, 1.54) is 5.56 Å². The normalized spacial score (nSPS) is 14.3. The number of anilines is 2. The molecule has 0 radical (unpaired) electrons. The molecule has 0 amide bonds. The smallest absolute Gasteiger partial charge is 0.238 e. The monoisotopic (exact) mass is 309 g/mol. The van der Waals surface area contributed by atoms with Crippen LogP contribution < -0.4 is 15.5 Å². The van der Waals surface area contributed by atoms with Crippen LogP contribution >= 0.6 is 0 Å². The number of rotatable bonds is 4. The second kappa shape index (κ2) is 7.03. The predicted octanol–water partition coefficient (Wildman–Crippen LogP) is 1.07. The molecule has 23 heavy (non-hydrogen) atoms. The van der Waals surface area contributed by atoms with E-state index in [4.69, 9.17) is 5.26 Å². The first-order valence-electron chi connectivity index (χ1n) is 7.66. The summed E-state index contributed by atoms with van der Waals surface area (Å²) in [6, 6.07) is 10.2. The zero-order chi connectivity index (χ0) is 16.1. The molecule has 118 valence electrons. The first-order valence-corrected chi connectivity index (χ1v) is 7.66. The van der Waals surface area contributed by atoms with Gasteiger partial charge in [-0.25, -0.2) is 0 Å². The van der Waals surface area contributed by atoms with Gasteiger partial charge < -0.3 is 15.5 Å². The molecule has 0 saturated carbocycles. The molecule has 0 atom stereocenters. The van der Waals surface area contributed by atoms with Crippen molar-refractivity contribution in [2.75, 3.05) is 36.4 Å². The number of benzene rings is 1. The molecular formula is C16H19N7. The van der Waals surface area contributed by atoms with Gasteiger partial charge in [-0.05, 0) is 12.5 Å². The molecule has 1 aliphatic rings. The van der Waals surface area contributed by atoms with Gasteiger partial charge in [0.2, 0.25) is 17.7 Å². The van der Waals surface area contributed by atoms with Crippen LogP contribution in [-0.4, -0.2) is 41.1 Å². The van der Waals surface area contributed by atoms with Crippen molar-refractivity contribution in [3.63, 3.8) is 0 Å². The predicted molar refractivity (Wildman–Crippen MR) is 88.1 cm³/mol. The van der Waals surface area contributed by atoms with E-state index in [0.29, 0.717) is 18.4 Å². The van der Waals surface area contributed by atoms with Gasteiger partial charge in [-0.1, -0.05) is 29.8 Å². The number of aryl methyl sites for hydroxylation is 1. The maximum atomic E-state index is 9.15. The van der Waals surface area contributed by atoms with E-state index in [-0.39, 0.29) is 5.82 Å². The average Bonchev–Trinajstić information content (AvgIpc) is 2.60. The van der Waals surface area contributed by atoms with Gasteiger partial charge in [0.1, 0.15) is 6.07 Å². The summed E-state index contributed by atoms with van der Waals surface area (Å²) in [7, 11) is 0. The summed E-state index contributed by atoms with van der Waals surface area (Å²) in [4.78, 5) is 14.9. The van der Waals surface area contributed by atoms with Crippen molar-refractivity contribution in [2.45, 2.75) is 13.5 Å². The van der Waals surface area contributed by atoms with Gasteiger partial charge in [-0.2, -0.15) is 20.2 Å². The SMILES string of the molecule is Cc1cccc(CNc2nc(C#N)nc(N3CCNCC3)n2)c1. The van der Waals surface area contributed by atoms with Gasteiger partial charge >= 0.3 is 0 Å². The Bertz CT molecular complexity index is 717. The Morgan fingerprint density at radius 3 is 2.83 bits per heavy atom. The van der Waals surface area contributed by atoms with Gasteiger partial charge in [0.15, 0.2) is 0 Å². The van der Waals surface area contributed by atoms with Crippen molar-refractivity contribution in [1.29, 1.82) is 5.26 Å². The van der Waals surface area contributed by atoms with E-state index in [1.807, 2.05) is 18.2 Å². The minimum absolute atomic E-state index is 0.139. The van der Waals surface area contributed by atoms with Crippen LogP contribution in [-0.2, 0) is 6.54 Å². The number of piperazine rings is 1. The lowest BCUT2D eigenvalue weighted by Gasteiger charge is -2.27. The maximum Gasteiger partial charge on any atom is 0.238 e. The van der Waals surface area contributed by atoms with Crippen LogP contribution in [0.2, 0.25) is 0 Å². The summed E-state index contributed by atoms with van der Waals surface area (Å²) in [5.74, 6) is 1.14. The van der Waals surface area contributed by atoms with E-state index in [9.17, 15) is 0 Å². The van der Waals surface area contributed by atoms with Crippen molar-refractivity contribution in [2.24, 2.45) is 0 Å². The van der Waals surface area contributed by atoms with Crippen molar-refractivity contribution < 1.29 is 0 Å². The molecule has 0 spiro atoms. The number of nitriles is 1. The summed E-state index contributed by atoms with van der Waals surface area (Å²) in [6.45, 7) is 6.10. The van der Waals surface area contributed by atoms with Crippen LogP contribution in [0, 0.1) is 18.3 Å². The highest BCUT2D eigenvalue weighted by atomic mass is 15.3. The molecule has 2 aromatic rings. The minimum Gasteiger partial charge on any atom is -0.350 e. The fraction of sp³-hybridized carbons (Fsp3) is 0.375. The fourth-order valence-corrected chi connectivity index (χ4v) is 2.50. The zero-order valence-electron chi connectivity index (χ0n) is 13.1. The maximum absolute atomic E-state index is 9.15. The number of aromatic nitrogens is 3. The number of hydrogen-bond donors (Lipinski definition) is 2. The highest BCUT2D eigenvalue weighted by Crippen LogP contribution is 2.13. The van der Waals surface area contributed by atoms with Crippen LogP contribution in [0.1, 0.15) is 17.0 Å². The van der Waals surface area contributed by atoms with Crippen molar-refractivity contribution >= 4 is 11.9 Å². The Labute approximate surface area is 135 Å². The molecule has 0 aliphatic carbocycles. The Kier molecular flexibility index (Phi) is 4.64. The topological polar surface area (TPSA) is 89.8 Å². The third-order valence-corrected chi connectivity index (χ3v) is 3.66. The van der Waals surface area contributed by atoms with Gasteiger partial charge in [0.25, 0.3) is 0 Å². The molecule has 1 aromatic carbocycles. The Morgan fingerprint density at radius 1 is 1.26 bits per heavy atom. The Hall–Kier alpha value is -2.72. The Balaban J connectivity index is 1.77. The van der Waals surface area contributed by atoms with Gasteiger partial charge in [-0.3, -0.25) is 0 Å². The molecule has 0 bridgehead atoms. The molecule has 1 fully saturated rings. The van der Waals surface area contributed by atoms with Gasteiger partial charge in [0, 0.05) is 32.7 Å². The van der Waals surface area contributed by atoms with Gasteiger partial charge in [-0.15, -0.1) is 0 Å². The summed E-state index contributed by atoms with van der Waals surface area (Å²) in [5, 5.41) is 15.6. The number of hydrogen-bond acceptors (Lipinski definition) is 7. The lowest BCUT2D eigenvalue weighted by Crippen LogP contribution is -2.44. The third-order valence-electron chi connectivity index (χ3n) is 3.66. The molecule has 7 nitrogen and oxygen atoms in total. The summed E-state index contributed by atoms with van der Waals surface area (Å²) in [6.07, 6.45) is 0. The molecule has 1 saturated heterocycles. The second-order valence-electron chi connectivity index (χ2n) is 5.47. The van der Waals surface area contributed by atoms with Crippen LogP contribution in [0.5, 0.6) is 0 Å². The first kappa shape index (κ1) is 15.2. The summed E-state index contributed by atoms with van der Waals surface area (Å²) < 4.78 is 0. The van der Waals surface area contributed by atoms with Crippen LogP contribution in [0.4, 0.5) is 11.9 Å². The molecule has 2 N–H and O–H groups in total. The average molecular weight is 309 g/mol. The highest BCUT2D eigenvalue weighted by molar-refractivity contribution is 5.40. The van der Waals surface area contributed by atoms with Crippen LogP contribution in [0.15, 0.2) is 24.3 Å². The molecular weight excluding hydrogens is 290 g/mol. The molecule has 7 heteroatoms. The van der Waals surface area contributed by atoms with E-state index in [0.717, 1.165) is 31.7 Å². The van der Waals surface area contributed by atoms with Crippen molar-refractivity contribution in [3.05, 3.63) is 41.2 Å².